The summed E-state index contributed by atoms with van der Waals surface area (Å²) in [7, 11) is 0. The fourth-order valence-electron chi connectivity index (χ4n) is 2.39. The van der Waals surface area contributed by atoms with E-state index < -0.39 is 0 Å². The lowest BCUT2D eigenvalue weighted by molar-refractivity contribution is 0.608. The first-order chi connectivity index (χ1) is 9.96. The van der Waals surface area contributed by atoms with E-state index in [9.17, 15) is 0 Å². The highest BCUT2D eigenvalue weighted by Crippen LogP contribution is 2.24. The molecule has 0 aliphatic carbocycles. The molecular formula is C17H18N4. The number of nitrogens with zero attached hydrogens (tertiary/aromatic N) is 4. The van der Waals surface area contributed by atoms with E-state index in [1.165, 1.54) is 0 Å². The van der Waals surface area contributed by atoms with Crippen LogP contribution in [-0.4, -0.2) is 12.1 Å². The average Bonchev–Trinajstić information content (AvgIpc) is 2.45. The molecule has 1 aromatic rings. The Bertz CT molecular complexity index is 622. The number of hydrogen-bond donors (Lipinski definition) is 0. The molecule has 0 aromatic heterocycles. The van der Waals surface area contributed by atoms with Crippen molar-refractivity contribution >= 4 is 11.3 Å². The van der Waals surface area contributed by atoms with Crippen LogP contribution >= 0.6 is 0 Å². The maximum absolute atomic E-state index is 9.15. The zero-order chi connectivity index (χ0) is 16.0. The number of rotatable bonds is 4. The molecule has 0 aliphatic heterocycles. The first-order valence-corrected chi connectivity index (χ1v) is 6.79. The number of benzene rings is 1. The van der Waals surface area contributed by atoms with Gasteiger partial charge in [0.1, 0.15) is 23.8 Å². The predicted molar refractivity (Wildman–Crippen MR) is 83.0 cm³/mol. The molecule has 0 unspecified atom stereocenters. The van der Waals surface area contributed by atoms with E-state index in [-0.39, 0.29) is 11.1 Å². The lowest BCUT2D eigenvalue weighted by atomic mass is 10.0. The highest BCUT2D eigenvalue weighted by molar-refractivity contribution is 5.84. The lowest BCUT2D eigenvalue weighted by Crippen LogP contribution is -2.36. The Kier molecular flexibility index (Phi) is 5.53. The summed E-state index contributed by atoms with van der Waals surface area (Å²) < 4.78 is 0. The van der Waals surface area contributed by atoms with E-state index >= 15 is 0 Å². The van der Waals surface area contributed by atoms with Gasteiger partial charge < -0.3 is 4.90 Å². The van der Waals surface area contributed by atoms with Crippen LogP contribution in [0.3, 0.4) is 0 Å². The van der Waals surface area contributed by atoms with E-state index in [4.69, 9.17) is 15.8 Å². The largest absolute Gasteiger partial charge is 0.367 e. The molecule has 1 aromatic carbocycles. The summed E-state index contributed by atoms with van der Waals surface area (Å²) in [4.78, 5) is 2.26. The fraction of sp³-hybridized carbons (Fsp3) is 0.353. The molecule has 0 radical (unpaired) electrons. The summed E-state index contributed by atoms with van der Waals surface area (Å²) in [5, 5.41) is 26.9. The van der Waals surface area contributed by atoms with E-state index in [1.807, 2.05) is 18.2 Å². The van der Waals surface area contributed by atoms with Crippen LogP contribution in [0.5, 0.6) is 0 Å². The summed E-state index contributed by atoms with van der Waals surface area (Å²) in [6.45, 7) is 8.49. The third-order valence-electron chi connectivity index (χ3n) is 3.15. The molecule has 0 aliphatic rings. The van der Waals surface area contributed by atoms with Crippen molar-refractivity contribution in [2.24, 2.45) is 0 Å². The third-order valence-corrected chi connectivity index (χ3v) is 3.15. The van der Waals surface area contributed by atoms with E-state index in [0.29, 0.717) is 17.6 Å². The van der Waals surface area contributed by atoms with Gasteiger partial charge in [0.2, 0.25) is 0 Å². The highest BCUT2D eigenvalue weighted by Gasteiger charge is 2.15. The van der Waals surface area contributed by atoms with Crippen molar-refractivity contribution in [1.29, 1.82) is 15.8 Å². The number of anilines is 1. The standard InChI is InChI=1S/C17H18N4/c1-12(2)21(13(3)4)16-7-5-14(6-8-16)17(11-20)15(9-18)10-19/h5-8,12-13H,1-4H3. The van der Waals surface area contributed by atoms with Gasteiger partial charge in [0.15, 0.2) is 0 Å². The number of hydrogen-bond acceptors (Lipinski definition) is 4. The minimum absolute atomic E-state index is 0.118. The minimum Gasteiger partial charge on any atom is -0.367 e. The number of allylic oxidation sites excluding steroid dienone is 2. The van der Waals surface area contributed by atoms with Crippen LogP contribution in [0, 0.1) is 34.0 Å². The summed E-state index contributed by atoms with van der Waals surface area (Å²) in [5.74, 6) is 0. The molecule has 0 spiro atoms. The van der Waals surface area contributed by atoms with Gasteiger partial charge >= 0.3 is 0 Å². The van der Waals surface area contributed by atoms with E-state index in [2.05, 4.69) is 32.6 Å². The van der Waals surface area contributed by atoms with Gasteiger partial charge in [-0.15, -0.1) is 0 Å². The van der Waals surface area contributed by atoms with Crippen LogP contribution in [0.1, 0.15) is 33.3 Å². The number of nitriles is 3. The smallest absolute Gasteiger partial charge is 0.148 e. The van der Waals surface area contributed by atoms with Crippen molar-refractivity contribution in [3.63, 3.8) is 0 Å². The minimum atomic E-state index is -0.158. The molecular weight excluding hydrogens is 260 g/mol. The Balaban J connectivity index is 3.26. The zero-order valence-corrected chi connectivity index (χ0v) is 12.8. The van der Waals surface area contributed by atoms with Gasteiger partial charge in [-0.1, -0.05) is 12.1 Å². The van der Waals surface area contributed by atoms with Crippen LogP contribution in [-0.2, 0) is 0 Å². The molecule has 4 heteroatoms. The van der Waals surface area contributed by atoms with Crippen molar-refractivity contribution < 1.29 is 0 Å². The summed E-state index contributed by atoms with van der Waals surface area (Å²) in [6, 6.07) is 13.6. The van der Waals surface area contributed by atoms with Crippen molar-refractivity contribution in [3.05, 3.63) is 35.4 Å². The summed E-state index contributed by atoms with van der Waals surface area (Å²) >= 11 is 0. The molecule has 0 N–H and O–H groups in total. The molecule has 0 atom stereocenters. The lowest BCUT2D eigenvalue weighted by Gasteiger charge is -2.33. The topological polar surface area (TPSA) is 74.6 Å². The SMILES string of the molecule is CC(C)N(c1ccc(C(C#N)=C(C#N)C#N)cc1)C(C)C. The second-order valence-electron chi connectivity index (χ2n) is 5.23. The van der Waals surface area contributed by atoms with Gasteiger partial charge in [-0.2, -0.15) is 15.8 Å². The van der Waals surface area contributed by atoms with Gasteiger partial charge in [0, 0.05) is 17.8 Å². The maximum Gasteiger partial charge on any atom is 0.148 e. The predicted octanol–water partition coefficient (Wildman–Crippen LogP) is 3.63. The monoisotopic (exact) mass is 278 g/mol. The van der Waals surface area contributed by atoms with Crippen LogP contribution in [0.25, 0.3) is 5.57 Å². The highest BCUT2D eigenvalue weighted by atomic mass is 15.2. The van der Waals surface area contributed by atoms with E-state index in [0.717, 1.165) is 5.69 Å². The molecule has 106 valence electrons. The van der Waals surface area contributed by atoms with Gasteiger partial charge in [-0.25, -0.2) is 0 Å². The molecule has 0 heterocycles. The molecule has 1 rings (SSSR count). The molecule has 0 amide bonds. The molecule has 0 saturated heterocycles. The Morgan fingerprint density at radius 2 is 1.33 bits per heavy atom. The van der Waals surface area contributed by atoms with Crippen molar-refractivity contribution in [3.8, 4) is 18.2 Å². The van der Waals surface area contributed by atoms with Crippen molar-refractivity contribution in [2.45, 2.75) is 39.8 Å². The van der Waals surface area contributed by atoms with E-state index in [1.54, 1.807) is 24.3 Å². The first kappa shape index (κ1) is 16.3. The van der Waals surface area contributed by atoms with Crippen molar-refractivity contribution in [1.82, 2.24) is 0 Å². The molecule has 21 heavy (non-hydrogen) atoms. The Morgan fingerprint density at radius 1 is 0.857 bits per heavy atom. The Morgan fingerprint density at radius 3 is 1.67 bits per heavy atom. The second-order valence-corrected chi connectivity index (χ2v) is 5.23. The fourth-order valence-corrected chi connectivity index (χ4v) is 2.39. The van der Waals surface area contributed by atoms with Crippen LogP contribution in [0.15, 0.2) is 29.8 Å². The third kappa shape index (κ3) is 3.62. The van der Waals surface area contributed by atoms with Gasteiger partial charge in [-0.3, -0.25) is 0 Å². The van der Waals surface area contributed by atoms with Crippen molar-refractivity contribution in [2.75, 3.05) is 4.90 Å². The first-order valence-electron chi connectivity index (χ1n) is 6.79. The Labute approximate surface area is 126 Å². The molecule has 0 fully saturated rings. The van der Waals surface area contributed by atoms with Gasteiger partial charge in [0.25, 0.3) is 0 Å². The van der Waals surface area contributed by atoms with Crippen LogP contribution in [0.2, 0.25) is 0 Å². The molecule has 0 saturated carbocycles. The second kappa shape index (κ2) is 7.13. The van der Waals surface area contributed by atoms with Gasteiger partial charge in [0.05, 0.1) is 5.57 Å². The molecule has 0 bridgehead atoms. The maximum atomic E-state index is 9.15. The average molecular weight is 278 g/mol. The van der Waals surface area contributed by atoms with Crippen LogP contribution < -0.4 is 4.90 Å². The summed E-state index contributed by atoms with van der Waals surface area (Å²) in [6.07, 6.45) is 0. The normalized spacial score (nSPS) is 9.67. The quantitative estimate of drug-likeness (QED) is 0.788. The summed E-state index contributed by atoms with van der Waals surface area (Å²) in [5.41, 5.74) is 1.60. The zero-order valence-electron chi connectivity index (χ0n) is 12.8. The molecule has 4 nitrogen and oxygen atoms in total. The van der Waals surface area contributed by atoms with Crippen LogP contribution in [0.4, 0.5) is 5.69 Å². The Hall–Kier alpha value is -2.77. The van der Waals surface area contributed by atoms with Gasteiger partial charge in [-0.05, 0) is 45.4 Å².